The molecule has 4 nitrogen and oxygen atoms in total. The van der Waals surface area contributed by atoms with E-state index in [9.17, 15) is 4.79 Å². The molecule has 0 saturated heterocycles. The van der Waals surface area contributed by atoms with Crippen LogP contribution in [-0.2, 0) is 11.3 Å². The molecule has 0 aliphatic heterocycles. The smallest absolute Gasteiger partial charge is 0.338 e. The maximum Gasteiger partial charge on any atom is 0.338 e. The lowest BCUT2D eigenvalue weighted by molar-refractivity contribution is 0.0603. The van der Waals surface area contributed by atoms with Crippen molar-refractivity contribution in [2.24, 2.45) is 0 Å². The van der Waals surface area contributed by atoms with Gasteiger partial charge in [0.25, 0.3) is 0 Å². The fourth-order valence-electron chi connectivity index (χ4n) is 1.76. The molecule has 90 valence electrons. The van der Waals surface area contributed by atoms with Crippen molar-refractivity contribution >= 4 is 32.8 Å². The number of carbonyl (C=O) groups excluding carboxylic acids is 1. The summed E-state index contributed by atoms with van der Waals surface area (Å²) in [6.45, 7) is 2.93. The van der Waals surface area contributed by atoms with Crippen LogP contribution in [0.3, 0.4) is 0 Å². The number of benzene rings is 1. The molecule has 1 heterocycles. The first-order valence-corrected chi connectivity index (χ1v) is 6.20. The van der Waals surface area contributed by atoms with Gasteiger partial charge in [-0.05, 0) is 18.6 Å². The van der Waals surface area contributed by atoms with E-state index in [1.807, 2.05) is 16.9 Å². The zero-order valence-electron chi connectivity index (χ0n) is 9.74. The second kappa shape index (κ2) is 4.87. The molecule has 0 bridgehead atoms. The number of rotatable bonds is 3. The number of aromatic nitrogens is 2. The highest BCUT2D eigenvalue weighted by Crippen LogP contribution is 2.24. The molecule has 0 N–H and O–H groups in total. The Balaban J connectivity index is 2.61. The number of carbonyl (C=O) groups is 1. The van der Waals surface area contributed by atoms with E-state index in [4.69, 9.17) is 4.74 Å². The van der Waals surface area contributed by atoms with Crippen molar-refractivity contribution in [2.45, 2.75) is 19.9 Å². The molecule has 0 aliphatic rings. The Labute approximate surface area is 108 Å². The van der Waals surface area contributed by atoms with Crippen LogP contribution in [0.25, 0.3) is 10.9 Å². The second-order valence-corrected chi connectivity index (χ2v) is 4.69. The summed E-state index contributed by atoms with van der Waals surface area (Å²) in [5, 5.41) is 5.25. The number of aryl methyl sites for hydroxylation is 1. The normalized spacial score (nSPS) is 10.8. The van der Waals surface area contributed by atoms with Gasteiger partial charge in [-0.25, -0.2) is 4.79 Å². The third-order valence-electron chi connectivity index (χ3n) is 2.50. The van der Waals surface area contributed by atoms with E-state index in [1.54, 1.807) is 6.07 Å². The average Bonchev–Trinajstić information content (AvgIpc) is 2.69. The van der Waals surface area contributed by atoms with E-state index in [0.29, 0.717) is 5.56 Å². The zero-order chi connectivity index (χ0) is 12.4. The summed E-state index contributed by atoms with van der Waals surface area (Å²) >= 11 is 3.37. The minimum absolute atomic E-state index is 0.340. The maximum atomic E-state index is 11.7. The summed E-state index contributed by atoms with van der Waals surface area (Å²) in [6.07, 6.45) is 2.89. The van der Waals surface area contributed by atoms with Crippen LogP contribution in [0, 0.1) is 0 Å². The molecule has 0 radical (unpaired) electrons. The number of methoxy groups -OCH3 is 1. The van der Waals surface area contributed by atoms with Crippen LogP contribution in [0.5, 0.6) is 0 Å². The first-order valence-electron chi connectivity index (χ1n) is 5.40. The first-order chi connectivity index (χ1) is 8.15. The lowest BCUT2D eigenvalue weighted by Crippen LogP contribution is -2.01. The topological polar surface area (TPSA) is 44.1 Å². The van der Waals surface area contributed by atoms with Crippen LogP contribution in [0.1, 0.15) is 23.7 Å². The molecule has 0 atom stereocenters. The lowest BCUT2D eigenvalue weighted by Gasteiger charge is -2.00. The molecule has 0 fully saturated rings. The Hall–Kier alpha value is -1.36. The molecule has 0 unspecified atom stereocenters. The Morgan fingerprint density at radius 1 is 1.53 bits per heavy atom. The van der Waals surface area contributed by atoms with Crippen molar-refractivity contribution in [3.63, 3.8) is 0 Å². The standard InChI is InChI=1S/C12H13BrN2O2/c1-3-4-15-7-10-9(12(16)17-2)5-8(13)6-11(10)14-15/h5-7H,3-4H2,1-2H3. The molecule has 0 aliphatic carbocycles. The van der Waals surface area contributed by atoms with E-state index >= 15 is 0 Å². The Morgan fingerprint density at radius 3 is 2.94 bits per heavy atom. The average molecular weight is 297 g/mol. The van der Waals surface area contributed by atoms with E-state index < -0.39 is 0 Å². The predicted octanol–water partition coefficient (Wildman–Crippen LogP) is 3.00. The van der Waals surface area contributed by atoms with E-state index in [0.717, 1.165) is 28.3 Å². The van der Waals surface area contributed by atoms with Gasteiger partial charge in [-0.3, -0.25) is 4.68 Å². The lowest BCUT2D eigenvalue weighted by atomic mass is 10.1. The van der Waals surface area contributed by atoms with Gasteiger partial charge in [-0.15, -0.1) is 0 Å². The summed E-state index contributed by atoms with van der Waals surface area (Å²) in [7, 11) is 1.38. The van der Waals surface area contributed by atoms with Crippen molar-refractivity contribution in [3.05, 3.63) is 28.4 Å². The van der Waals surface area contributed by atoms with Crippen LogP contribution in [0.2, 0.25) is 0 Å². The van der Waals surface area contributed by atoms with Gasteiger partial charge in [-0.1, -0.05) is 22.9 Å². The highest BCUT2D eigenvalue weighted by Gasteiger charge is 2.14. The molecule has 0 amide bonds. The Kier molecular flexibility index (Phi) is 3.47. The molecule has 1 aromatic heterocycles. The van der Waals surface area contributed by atoms with E-state index in [-0.39, 0.29) is 5.97 Å². The maximum absolute atomic E-state index is 11.7. The van der Waals surface area contributed by atoms with Gasteiger partial charge in [0.05, 0.1) is 18.2 Å². The summed E-state index contributed by atoms with van der Waals surface area (Å²) in [5.74, 6) is -0.340. The number of halogens is 1. The highest BCUT2D eigenvalue weighted by atomic mass is 79.9. The predicted molar refractivity (Wildman–Crippen MR) is 69.1 cm³/mol. The van der Waals surface area contributed by atoms with Gasteiger partial charge >= 0.3 is 5.97 Å². The minimum Gasteiger partial charge on any atom is -0.465 e. The second-order valence-electron chi connectivity index (χ2n) is 3.77. The summed E-state index contributed by atoms with van der Waals surface area (Å²) in [4.78, 5) is 11.7. The molecule has 1 aromatic carbocycles. The quantitative estimate of drug-likeness (QED) is 0.818. The van der Waals surface area contributed by atoms with Gasteiger partial charge in [0.2, 0.25) is 0 Å². The molecule has 17 heavy (non-hydrogen) atoms. The van der Waals surface area contributed by atoms with Gasteiger partial charge in [0, 0.05) is 22.6 Å². The minimum atomic E-state index is -0.340. The number of hydrogen-bond acceptors (Lipinski definition) is 3. The zero-order valence-corrected chi connectivity index (χ0v) is 11.3. The molecular weight excluding hydrogens is 284 g/mol. The van der Waals surface area contributed by atoms with E-state index in [2.05, 4.69) is 28.0 Å². The van der Waals surface area contributed by atoms with Crippen LogP contribution >= 0.6 is 15.9 Å². The Bertz CT molecular complexity index is 563. The van der Waals surface area contributed by atoms with Gasteiger partial charge in [-0.2, -0.15) is 5.10 Å². The highest BCUT2D eigenvalue weighted by molar-refractivity contribution is 9.10. The molecule has 0 saturated carbocycles. The molecule has 2 rings (SSSR count). The SMILES string of the molecule is CCCn1cc2c(C(=O)OC)cc(Br)cc2n1. The third-order valence-corrected chi connectivity index (χ3v) is 2.95. The fraction of sp³-hybridized carbons (Fsp3) is 0.333. The number of nitrogens with zero attached hydrogens (tertiary/aromatic N) is 2. The summed E-state index contributed by atoms with van der Waals surface area (Å²) < 4.78 is 7.45. The fourth-order valence-corrected chi connectivity index (χ4v) is 2.21. The van der Waals surface area contributed by atoms with E-state index in [1.165, 1.54) is 7.11 Å². The number of esters is 1. The molecule has 5 heteroatoms. The van der Waals surface area contributed by atoms with Crippen molar-refractivity contribution in [3.8, 4) is 0 Å². The molecule has 2 aromatic rings. The summed E-state index contributed by atoms with van der Waals surface area (Å²) in [5.41, 5.74) is 1.34. The van der Waals surface area contributed by atoms with Crippen molar-refractivity contribution in [1.29, 1.82) is 0 Å². The van der Waals surface area contributed by atoms with Crippen LogP contribution < -0.4 is 0 Å². The van der Waals surface area contributed by atoms with Crippen molar-refractivity contribution in [2.75, 3.05) is 7.11 Å². The number of hydrogen-bond donors (Lipinski definition) is 0. The molecular formula is C12H13BrN2O2. The summed E-state index contributed by atoms with van der Waals surface area (Å²) in [6, 6.07) is 3.65. The van der Waals surface area contributed by atoms with Crippen LogP contribution in [0.4, 0.5) is 0 Å². The molecule has 0 spiro atoms. The first kappa shape index (κ1) is 12.1. The third kappa shape index (κ3) is 2.34. The van der Waals surface area contributed by atoms with Crippen molar-refractivity contribution in [1.82, 2.24) is 9.78 Å². The van der Waals surface area contributed by atoms with Crippen LogP contribution in [0.15, 0.2) is 22.8 Å². The van der Waals surface area contributed by atoms with Gasteiger partial charge in [0.1, 0.15) is 0 Å². The monoisotopic (exact) mass is 296 g/mol. The van der Waals surface area contributed by atoms with Crippen LogP contribution in [-0.4, -0.2) is 22.9 Å². The number of fused-ring (bicyclic) bond motifs is 1. The van der Waals surface area contributed by atoms with Crippen molar-refractivity contribution < 1.29 is 9.53 Å². The Morgan fingerprint density at radius 2 is 2.29 bits per heavy atom. The van der Waals surface area contributed by atoms with Gasteiger partial charge in [0.15, 0.2) is 0 Å². The number of ether oxygens (including phenoxy) is 1. The van der Waals surface area contributed by atoms with Gasteiger partial charge < -0.3 is 4.74 Å². The largest absolute Gasteiger partial charge is 0.465 e.